The Bertz CT molecular complexity index is 397. The fourth-order valence-electron chi connectivity index (χ4n) is 1.21. The van der Waals surface area contributed by atoms with E-state index in [9.17, 15) is 9.59 Å². The van der Waals surface area contributed by atoms with Gasteiger partial charge in [-0.2, -0.15) is 0 Å². The third kappa shape index (κ3) is 12.3. The van der Waals surface area contributed by atoms with Crippen molar-refractivity contribution in [3.63, 3.8) is 0 Å². The van der Waals surface area contributed by atoms with Crippen molar-refractivity contribution in [3.05, 3.63) is 48.2 Å². The number of amides is 1. The number of allylic oxidation sites excluding steroid dienone is 6. The Kier molecular flexibility index (Phi) is 10.1. The molecule has 0 aliphatic carbocycles. The van der Waals surface area contributed by atoms with Crippen LogP contribution in [0.4, 0.5) is 0 Å². The minimum atomic E-state index is -0.138. The van der Waals surface area contributed by atoms with Crippen LogP contribution in [-0.2, 0) is 9.59 Å². The highest BCUT2D eigenvalue weighted by atomic mass is 16.1. The molecule has 0 atom stereocenters. The molecule has 3 nitrogen and oxygen atoms in total. The molecular weight excluding hydrogens is 238 g/mol. The fraction of sp³-hybridized carbons (Fsp3) is 0.375. The van der Waals surface area contributed by atoms with E-state index in [2.05, 4.69) is 5.32 Å². The van der Waals surface area contributed by atoms with Crippen LogP contribution in [0.2, 0.25) is 0 Å². The normalized spacial score (nSPS) is 11.3. The minimum absolute atomic E-state index is 0.112. The highest BCUT2D eigenvalue weighted by Crippen LogP contribution is 1.99. The van der Waals surface area contributed by atoms with Crippen molar-refractivity contribution >= 4 is 11.7 Å². The first kappa shape index (κ1) is 17.1. The molecule has 104 valence electrons. The molecule has 1 N–H and O–H groups in total. The predicted molar refractivity (Wildman–Crippen MR) is 79.5 cm³/mol. The first-order valence-corrected chi connectivity index (χ1v) is 6.49. The Morgan fingerprint density at radius 2 is 1.84 bits per heavy atom. The summed E-state index contributed by atoms with van der Waals surface area (Å²) in [5, 5.41) is 2.64. The summed E-state index contributed by atoms with van der Waals surface area (Å²) in [6.45, 7) is 5.73. The number of hydrogen-bond donors (Lipinski definition) is 1. The highest BCUT2D eigenvalue weighted by Gasteiger charge is 1.95. The molecular formula is C16H23NO2. The van der Waals surface area contributed by atoms with E-state index in [1.807, 2.05) is 32.9 Å². The third-order valence-electron chi connectivity index (χ3n) is 2.15. The van der Waals surface area contributed by atoms with E-state index in [1.54, 1.807) is 24.4 Å². The summed E-state index contributed by atoms with van der Waals surface area (Å²) in [7, 11) is 0. The molecule has 0 aromatic carbocycles. The molecule has 0 radical (unpaired) electrons. The summed E-state index contributed by atoms with van der Waals surface area (Å²) in [5.41, 5.74) is 1.04. The van der Waals surface area contributed by atoms with Gasteiger partial charge in [-0.3, -0.25) is 9.59 Å². The Morgan fingerprint density at radius 1 is 1.11 bits per heavy atom. The molecule has 0 aromatic rings. The zero-order valence-electron chi connectivity index (χ0n) is 12.0. The number of rotatable bonds is 8. The molecule has 0 aromatic heterocycles. The molecule has 0 unspecified atom stereocenters. The summed E-state index contributed by atoms with van der Waals surface area (Å²) >= 11 is 0. The van der Waals surface area contributed by atoms with Crippen LogP contribution in [0.5, 0.6) is 0 Å². The van der Waals surface area contributed by atoms with Crippen LogP contribution < -0.4 is 5.32 Å². The number of ketones is 1. The SMILES string of the molecule is C/C=C/C=C/C(=O)CCC/C=C/C(=O)NC=C(C)C. The monoisotopic (exact) mass is 261 g/mol. The van der Waals surface area contributed by atoms with Crippen LogP contribution in [0.1, 0.15) is 40.0 Å². The zero-order valence-corrected chi connectivity index (χ0v) is 12.0. The topological polar surface area (TPSA) is 46.2 Å². The van der Waals surface area contributed by atoms with Gasteiger partial charge in [0, 0.05) is 12.6 Å². The summed E-state index contributed by atoms with van der Waals surface area (Å²) in [6, 6.07) is 0. The number of nitrogens with one attached hydrogen (secondary N) is 1. The van der Waals surface area contributed by atoms with Gasteiger partial charge in [0.05, 0.1) is 0 Å². The van der Waals surface area contributed by atoms with Crippen molar-refractivity contribution in [2.45, 2.75) is 40.0 Å². The lowest BCUT2D eigenvalue weighted by Gasteiger charge is -1.95. The number of carbonyl (C=O) groups is 2. The molecule has 0 aliphatic rings. The summed E-state index contributed by atoms with van der Waals surface area (Å²) in [5.74, 6) is -0.0269. The van der Waals surface area contributed by atoms with Gasteiger partial charge < -0.3 is 5.32 Å². The molecule has 0 bridgehead atoms. The first-order valence-electron chi connectivity index (χ1n) is 6.49. The molecule has 0 rings (SSSR count). The average Bonchev–Trinajstić information content (AvgIpc) is 2.36. The lowest BCUT2D eigenvalue weighted by Crippen LogP contribution is -2.13. The van der Waals surface area contributed by atoms with Gasteiger partial charge in [-0.1, -0.05) is 29.9 Å². The average molecular weight is 261 g/mol. The van der Waals surface area contributed by atoms with Gasteiger partial charge in [0.2, 0.25) is 5.91 Å². The van der Waals surface area contributed by atoms with Crippen LogP contribution in [0.15, 0.2) is 48.2 Å². The maximum atomic E-state index is 11.4. The van der Waals surface area contributed by atoms with E-state index < -0.39 is 0 Å². The van der Waals surface area contributed by atoms with E-state index in [4.69, 9.17) is 0 Å². The second-order valence-electron chi connectivity index (χ2n) is 4.38. The maximum absolute atomic E-state index is 11.4. The van der Waals surface area contributed by atoms with Crippen LogP contribution in [0, 0.1) is 0 Å². The molecule has 0 saturated heterocycles. The molecule has 0 saturated carbocycles. The Labute approximate surface area is 115 Å². The first-order chi connectivity index (χ1) is 9.06. The molecule has 0 heterocycles. The van der Waals surface area contributed by atoms with Gasteiger partial charge in [0.1, 0.15) is 0 Å². The van der Waals surface area contributed by atoms with Gasteiger partial charge in [-0.25, -0.2) is 0 Å². The van der Waals surface area contributed by atoms with Crippen molar-refractivity contribution in [1.29, 1.82) is 0 Å². The summed E-state index contributed by atoms with van der Waals surface area (Å²) in [6.07, 6.45) is 14.0. The molecule has 3 heteroatoms. The molecule has 0 spiro atoms. The Balaban J connectivity index is 3.77. The van der Waals surface area contributed by atoms with Crippen LogP contribution in [-0.4, -0.2) is 11.7 Å². The minimum Gasteiger partial charge on any atom is -0.329 e. The second-order valence-corrected chi connectivity index (χ2v) is 4.38. The third-order valence-corrected chi connectivity index (χ3v) is 2.15. The van der Waals surface area contributed by atoms with E-state index in [-0.39, 0.29) is 11.7 Å². The smallest absolute Gasteiger partial charge is 0.247 e. The molecule has 0 aliphatic heterocycles. The van der Waals surface area contributed by atoms with Crippen LogP contribution in [0.25, 0.3) is 0 Å². The van der Waals surface area contributed by atoms with Crippen molar-refractivity contribution in [1.82, 2.24) is 5.32 Å². The highest BCUT2D eigenvalue weighted by molar-refractivity contribution is 5.90. The molecule has 19 heavy (non-hydrogen) atoms. The van der Waals surface area contributed by atoms with Gasteiger partial charge in [-0.15, -0.1) is 0 Å². The van der Waals surface area contributed by atoms with Crippen LogP contribution in [0.3, 0.4) is 0 Å². The van der Waals surface area contributed by atoms with Gasteiger partial charge in [-0.05, 0) is 45.8 Å². The standard InChI is InChI=1S/C16H23NO2/c1-4-5-7-10-15(18)11-8-6-9-12-16(19)17-13-14(2)3/h4-5,7,9-10,12-13H,6,8,11H2,1-3H3,(H,17,19)/b5-4+,10-7+,12-9+. The quantitative estimate of drug-likeness (QED) is 0.413. The molecule has 0 fully saturated rings. The van der Waals surface area contributed by atoms with Gasteiger partial charge in [0.15, 0.2) is 5.78 Å². The number of carbonyl (C=O) groups excluding carboxylic acids is 2. The summed E-state index contributed by atoms with van der Waals surface area (Å²) < 4.78 is 0. The summed E-state index contributed by atoms with van der Waals surface area (Å²) in [4.78, 5) is 22.7. The Morgan fingerprint density at radius 3 is 2.47 bits per heavy atom. The predicted octanol–water partition coefficient (Wildman–Crippen LogP) is 3.45. The van der Waals surface area contributed by atoms with E-state index >= 15 is 0 Å². The van der Waals surface area contributed by atoms with Gasteiger partial charge >= 0.3 is 0 Å². The fourth-order valence-corrected chi connectivity index (χ4v) is 1.21. The van der Waals surface area contributed by atoms with Crippen molar-refractivity contribution < 1.29 is 9.59 Å². The van der Waals surface area contributed by atoms with E-state index in [1.165, 1.54) is 6.08 Å². The van der Waals surface area contributed by atoms with Crippen molar-refractivity contribution in [2.24, 2.45) is 0 Å². The van der Waals surface area contributed by atoms with E-state index in [0.717, 1.165) is 18.4 Å². The lowest BCUT2D eigenvalue weighted by molar-refractivity contribution is -0.116. The van der Waals surface area contributed by atoms with Crippen LogP contribution >= 0.6 is 0 Å². The maximum Gasteiger partial charge on any atom is 0.247 e. The number of hydrogen-bond acceptors (Lipinski definition) is 2. The van der Waals surface area contributed by atoms with E-state index in [0.29, 0.717) is 6.42 Å². The Hall–Kier alpha value is -1.90. The van der Waals surface area contributed by atoms with Crippen molar-refractivity contribution in [2.75, 3.05) is 0 Å². The molecule has 1 amide bonds. The lowest BCUT2D eigenvalue weighted by atomic mass is 10.1. The van der Waals surface area contributed by atoms with Gasteiger partial charge in [0.25, 0.3) is 0 Å². The number of unbranched alkanes of at least 4 members (excludes halogenated alkanes) is 1. The largest absolute Gasteiger partial charge is 0.329 e. The van der Waals surface area contributed by atoms with Crippen molar-refractivity contribution in [3.8, 4) is 0 Å². The zero-order chi connectivity index (χ0) is 14.5. The second kappa shape index (κ2) is 11.2.